The van der Waals surface area contributed by atoms with Crippen molar-refractivity contribution in [3.63, 3.8) is 0 Å². The summed E-state index contributed by atoms with van der Waals surface area (Å²) in [5.41, 5.74) is 4.71. The van der Waals surface area contributed by atoms with Crippen LogP contribution in [0.15, 0.2) is 61.1 Å². The number of hydrogen-bond donors (Lipinski definition) is 1. The number of hydrogen-bond acceptors (Lipinski definition) is 6. The number of aromatic nitrogens is 4. The molecule has 3 heterocycles. The average molecular weight is 473 g/mol. The zero-order chi connectivity index (χ0) is 24.4. The molecule has 0 unspecified atom stereocenters. The number of pyridine rings is 1. The minimum absolute atomic E-state index is 0.280. The third-order valence-corrected chi connectivity index (χ3v) is 6.07. The van der Waals surface area contributed by atoms with Gasteiger partial charge in [0.15, 0.2) is 0 Å². The van der Waals surface area contributed by atoms with Gasteiger partial charge in [-0.05, 0) is 61.7 Å². The molecule has 1 fully saturated rings. The first-order chi connectivity index (χ1) is 17.0. The Morgan fingerprint density at radius 2 is 1.91 bits per heavy atom. The highest BCUT2D eigenvalue weighted by Crippen LogP contribution is 2.26. The van der Waals surface area contributed by atoms with Crippen LogP contribution in [-0.4, -0.2) is 46.1 Å². The van der Waals surface area contributed by atoms with Crippen molar-refractivity contribution in [2.75, 3.05) is 30.4 Å². The maximum absolute atomic E-state index is 14.3. The van der Waals surface area contributed by atoms with E-state index >= 15 is 0 Å². The molecule has 1 amide bonds. The first-order valence-corrected chi connectivity index (χ1v) is 11.4. The van der Waals surface area contributed by atoms with Crippen molar-refractivity contribution in [2.24, 2.45) is 0 Å². The van der Waals surface area contributed by atoms with Crippen LogP contribution in [0.5, 0.6) is 5.75 Å². The van der Waals surface area contributed by atoms with Gasteiger partial charge in [-0.25, -0.2) is 9.07 Å². The lowest BCUT2D eigenvalue weighted by atomic mass is 10.1. The molecule has 2 aromatic heterocycles. The molecule has 0 aliphatic carbocycles. The number of anilines is 2. The van der Waals surface area contributed by atoms with Gasteiger partial charge in [-0.2, -0.15) is 0 Å². The van der Waals surface area contributed by atoms with E-state index in [2.05, 4.69) is 25.5 Å². The first-order valence-electron chi connectivity index (χ1n) is 11.4. The van der Waals surface area contributed by atoms with Gasteiger partial charge < -0.3 is 15.0 Å². The smallest absolute Gasteiger partial charge is 0.255 e. The summed E-state index contributed by atoms with van der Waals surface area (Å²) >= 11 is 0. The summed E-state index contributed by atoms with van der Waals surface area (Å²) < 4.78 is 21.2. The number of benzene rings is 2. The standard InChI is InChI=1S/C26H25FN6O2/c1-17-5-6-21(29-26(34)18-9-20(27)12-22(10-18)32-7-3-4-8-32)13-25(17)33-16-24(30-31-33)19-11-23(35-2)15-28-14-19/h5-6,9-16H,3-4,7-8H2,1-2H3,(H,29,34). The van der Waals surface area contributed by atoms with Gasteiger partial charge in [0, 0.05) is 41.8 Å². The molecular weight excluding hydrogens is 447 g/mol. The maximum atomic E-state index is 14.3. The van der Waals surface area contributed by atoms with Crippen LogP contribution in [0.1, 0.15) is 28.8 Å². The van der Waals surface area contributed by atoms with Gasteiger partial charge in [0.1, 0.15) is 17.3 Å². The van der Waals surface area contributed by atoms with Gasteiger partial charge in [-0.1, -0.05) is 11.3 Å². The van der Waals surface area contributed by atoms with Gasteiger partial charge >= 0.3 is 0 Å². The minimum atomic E-state index is -0.425. The van der Waals surface area contributed by atoms with Crippen molar-refractivity contribution in [1.82, 2.24) is 20.0 Å². The van der Waals surface area contributed by atoms with Crippen LogP contribution < -0.4 is 15.0 Å². The molecule has 1 N–H and O–H groups in total. The fourth-order valence-corrected chi connectivity index (χ4v) is 4.18. The lowest BCUT2D eigenvalue weighted by molar-refractivity contribution is 0.102. The van der Waals surface area contributed by atoms with Crippen molar-refractivity contribution in [3.05, 3.63) is 78.0 Å². The fourth-order valence-electron chi connectivity index (χ4n) is 4.18. The Labute approximate surface area is 202 Å². The van der Waals surface area contributed by atoms with E-state index in [9.17, 15) is 9.18 Å². The summed E-state index contributed by atoms with van der Waals surface area (Å²) in [6, 6.07) is 11.8. The topological polar surface area (TPSA) is 85.2 Å². The summed E-state index contributed by atoms with van der Waals surface area (Å²) in [6.07, 6.45) is 7.25. The predicted molar refractivity (Wildman–Crippen MR) is 132 cm³/mol. The number of methoxy groups -OCH3 is 1. The van der Waals surface area contributed by atoms with E-state index in [1.807, 2.05) is 25.1 Å². The molecule has 0 saturated carbocycles. The quantitative estimate of drug-likeness (QED) is 0.440. The molecule has 0 radical (unpaired) electrons. The van der Waals surface area contributed by atoms with E-state index in [1.165, 1.54) is 12.1 Å². The normalized spacial score (nSPS) is 13.2. The number of aryl methyl sites for hydroxylation is 1. The second kappa shape index (κ2) is 9.54. The minimum Gasteiger partial charge on any atom is -0.495 e. The number of nitrogens with zero attached hydrogens (tertiary/aromatic N) is 5. The highest BCUT2D eigenvalue weighted by molar-refractivity contribution is 6.05. The molecule has 0 bridgehead atoms. The SMILES string of the molecule is COc1cncc(-c2cn(-c3cc(NC(=O)c4cc(F)cc(N5CCCC5)c4)ccc3C)nn2)c1. The van der Waals surface area contributed by atoms with Crippen LogP contribution >= 0.6 is 0 Å². The molecular formula is C26H25FN6O2. The lowest BCUT2D eigenvalue weighted by Gasteiger charge is -2.18. The van der Waals surface area contributed by atoms with E-state index < -0.39 is 5.82 Å². The predicted octanol–water partition coefficient (Wildman–Crippen LogP) is 4.64. The van der Waals surface area contributed by atoms with E-state index in [1.54, 1.807) is 42.5 Å². The molecule has 0 spiro atoms. The zero-order valence-corrected chi connectivity index (χ0v) is 19.5. The summed E-state index contributed by atoms with van der Waals surface area (Å²) in [5.74, 6) is -0.170. The fraction of sp³-hybridized carbons (Fsp3) is 0.231. The molecule has 0 atom stereocenters. The van der Waals surface area contributed by atoms with Crippen molar-refractivity contribution in [1.29, 1.82) is 0 Å². The Hall–Kier alpha value is -4.27. The average Bonchev–Trinajstić information content (AvgIpc) is 3.58. The van der Waals surface area contributed by atoms with Crippen LogP contribution in [0.2, 0.25) is 0 Å². The summed E-state index contributed by atoms with van der Waals surface area (Å²) in [7, 11) is 1.58. The largest absolute Gasteiger partial charge is 0.495 e. The Kier molecular flexibility index (Phi) is 6.13. The van der Waals surface area contributed by atoms with Crippen LogP contribution in [0.4, 0.5) is 15.8 Å². The van der Waals surface area contributed by atoms with Crippen molar-refractivity contribution in [3.8, 4) is 22.7 Å². The highest BCUT2D eigenvalue weighted by atomic mass is 19.1. The molecule has 4 aromatic rings. The molecule has 1 saturated heterocycles. The Morgan fingerprint density at radius 1 is 1.09 bits per heavy atom. The third kappa shape index (κ3) is 4.84. The van der Waals surface area contributed by atoms with Gasteiger partial charge in [-0.3, -0.25) is 9.78 Å². The van der Waals surface area contributed by atoms with Crippen LogP contribution in [0.25, 0.3) is 16.9 Å². The molecule has 1 aliphatic heterocycles. The van der Waals surface area contributed by atoms with Gasteiger partial charge in [0.2, 0.25) is 0 Å². The van der Waals surface area contributed by atoms with E-state index in [0.717, 1.165) is 48.4 Å². The van der Waals surface area contributed by atoms with E-state index in [4.69, 9.17) is 4.74 Å². The summed E-state index contributed by atoms with van der Waals surface area (Å²) in [5, 5.41) is 11.4. The number of nitrogens with one attached hydrogen (secondary N) is 1. The monoisotopic (exact) mass is 472 g/mol. The number of carbonyl (C=O) groups is 1. The Balaban J connectivity index is 1.38. The second-order valence-corrected chi connectivity index (χ2v) is 8.51. The molecule has 8 nitrogen and oxygen atoms in total. The number of halogens is 1. The third-order valence-electron chi connectivity index (χ3n) is 6.07. The second-order valence-electron chi connectivity index (χ2n) is 8.51. The molecule has 2 aromatic carbocycles. The number of rotatable bonds is 6. The Morgan fingerprint density at radius 3 is 2.71 bits per heavy atom. The highest BCUT2D eigenvalue weighted by Gasteiger charge is 2.17. The zero-order valence-electron chi connectivity index (χ0n) is 19.5. The number of carbonyl (C=O) groups excluding carboxylic acids is 1. The maximum Gasteiger partial charge on any atom is 0.255 e. The van der Waals surface area contributed by atoms with Crippen LogP contribution in [0, 0.1) is 12.7 Å². The number of amides is 1. The van der Waals surface area contributed by atoms with Crippen molar-refractivity contribution < 1.29 is 13.9 Å². The van der Waals surface area contributed by atoms with Gasteiger partial charge in [-0.15, -0.1) is 5.10 Å². The van der Waals surface area contributed by atoms with E-state index in [-0.39, 0.29) is 11.5 Å². The first kappa shape index (κ1) is 22.5. The lowest BCUT2D eigenvalue weighted by Crippen LogP contribution is -2.19. The molecule has 1 aliphatic rings. The molecule has 35 heavy (non-hydrogen) atoms. The number of ether oxygens (including phenoxy) is 1. The molecule has 9 heteroatoms. The van der Waals surface area contributed by atoms with Crippen molar-refractivity contribution >= 4 is 17.3 Å². The van der Waals surface area contributed by atoms with Crippen LogP contribution in [0.3, 0.4) is 0 Å². The summed E-state index contributed by atoms with van der Waals surface area (Å²) in [6.45, 7) is 3.69. The molecule has 178 valence electrons. The summed E-state index contributed by atoms with van der Waals surface area (Å²) in [4.78, 5) is 19.2. The van der Waals surface area contributed by atoms with E-state index in [0.29, 0.717) is 17.1 Å². The van der Waals surface area contributed by atoms with Gasteiger partial charge in [0.05, 0.1) is 25.2 Å². The van der Waals surface area contributed by atoms with Crippen molar-refractivity contribution in [2.45, 2.75) is 19.8 Å². The van der Waals surface area contributed by atoms with Crippen LogP contribution in [-0.2, 0) is 0 Å². The van der Waals surface area contributed by atoms with Gasteiger partial charge in [0.25, 0.3) is 5.91 Å². The Bertz CT molecular complexity index is 1380. The molecule has 5 rings (SSSR count).